The number of benzene rings is 10. The van der Waals surface area contributed by atoms with Crippen molar-refractivity contribution in [2.24, 2.45) is 0 Å². The minimum Gasteiger partial charge on any atom is -0.456 e. The van der Waals surface area contributed by atoms with Gasteiger partial charge in [-0.2, -0.15) is 9.97 Å². The van der Waals surface area contributed by atoms with E-state index in [1.54, 1.807) is 0 Å². The summed E-state index contributed by atoms with van der Waals surface area (Å²) >= 11 is 0. The zero-order chi connectivity index (χ0) is 47.0. The highest BCUT2D eigenvalue weighted by molar-refractivity contribution is 6.27. The second kappa shape index (κ2) is 14.8. The highest BCUT2D eigenvalue weighted by Gasteiger charge is 2.32. The van der Waals surface area contributed by atoms with Gasteiger partial charge in [0.1, 0.15) is 22.3 Å². The number of furan rings is 2. The van der Waals surface area contributed by atoms with Gasteiger partial charge in [-0.3, -0.25) is 4.90 Å². The van der Waals surface area contributed by atoms with E-state index in [0.29, 0.717) is 17.6 Å². The van der Waals surface area contributed by atoms with Crippen LogP contribution in [0, 0.1) is 0 Å². The Hall–Kier alpha value is -9.92. The number of anilines is 3. The molecule has 72 heavy (non-hydrogen) atoms. The number of hydrogen-bond donors (Lipinski definition) is 0. The minimum atomic E-state index is 0.508. The summed E-state index contributed by atoms with van der Waals surface area (Å²) in [6.45, 7) is 0. The van der Waals surface area contributed by atoms with Crippen LogP contribution in [-0.4, -0.2) is 24.5 Å². The van der Waals surface area contributed by atoms with Gasteiger partial charge >= 0.3 is 0 Å². The molecule has 8 nitrogen and oxygen atoms in total. The average molecular weight is 921 g/mol. The first kappa shape index (κ1) is 39.0. The van der Waals surface area contributed by atoms with Crippen LogP contribution in [-0.2, 0) is 0 Å². The van der Waals surface area contributed by atoms with Gasteiger partial charge in [-0.25, -0.2) is 9.97 Å². The van der Waals surface area contributed by atoms with Crippen LogP contribution in [0.5, 0.6) is 0 Å². The molecule has 1 aliphatic rings. The minimum absolute atomic E-state index is 0.508. The van der Waals surface area contributed by atoms with Crippen molar-refractivity contribution in [3.63, 3.8) is 0 Å². The zero-order valence-electron chi connectivity index (χ0n) is 38.3. The van der Waals surface area contributed by atoms with E-state index in [1.807, 2.05) is 84.9 Å². The molecule has 0 amide bonds. The summed E-state index contributed by atoms with van der Waals surface area (Å²) in [6, 6.07) is 76.2. The molecule has 0 atom stereocenters. The predicted octanol–water partition coefficient (Wildman–Crippen LogP) is 16.9. The van der Waals surface area contributed by atoms with Crippen LogP contribution in [0.2, 0.25) is 0 Å². The number of nitrogens with zero attached hydrogens (tertiary/aromatic N) is 6. The lowest BCUT2D eigenvalue weighted by Crippen LogP contribution is -2.19. The number of pyridine rings is 1. The molecule has 10 aromatic carbocycles. The fourth-order valence-corrected chi connectivity index (χ4v) is 11.3. The highest BCUT2D eigenvalue weighted by Crippen LogP contribution is 2.53. The number of rotatable bonds is 5. The molecule has 0 fully saturated rings. The van der Waals surface area contributed by atoms with Crippen LogP contribution in [0.4, 0.5) is 17.3 Å². The van der Waals surface area contributed by atoms with Gasteiger partial charge in [0.2, 0.25) is 5.95 Å². The van der Waals surface area contributed by atoms with E-state index in [0.717, 1.165) is 133 Å². The van der Waals surface area contributed by atoms with Crippen molar-refractivity contribution < 1.29 is 8.83 Å². The summed E-state index contributed by atoms with van der Waals surface area (Å²) in [5.41, 5.74) is 15.3. The standard InChI is InChI=1S/C64H36N6O2/c1-3-14-38(15-4-1)62-66-63(39-16-5-2-6-17-39)68-64(67-62)70-52-33-28-40(34-49(52)60-59-46(21-13-23-53(59)70)58-50(65-60)32-31-45-43-19-8-12-25-56(43)72-61(45)58)37-26-29-41(30-27-37)69-51-22-10-7-18-42(51)47-36-57-48(35-54(47)69)44-20-9-11-24-55(44)71-57/h1-36H. The summed E-state index contributed by atoms with van der Waals surface area (Å²) in [7, 11) is 0. The van der Waals surface area contributed by atoms with E-state index < -0.39 is 0 Å². The van der Waals surface area contributed by atoms with Gasteiger partial charge < -0.3 is 13.4 Å². The molecule has 0 spiro atoms. The fraction of sp³-hybridized carbons (Fsp3) is 0. The summed E-state index contributed by atoms with van der Waals surface area (Å²) in [5, 5.41) is 9.68. The summed E-state index contributed by atoms with van der Waals surface area (Å²) in [4.78, 5) is 23.4. The maximum atomic E-state index is 6.72. The van der Waals surface area contributed by atoms with E-state index in [4.69, 9.17) is 28.8 Å². The molecule has 0 unspecified atom stereocenters. The molecular formula is C64H36N6O2. The largest absolute Gasteiger partial charge is 0.456 e. The van der Waals surface area contributed by atoms with Crippen LogP contribution >= 0.6 is 0 Å². The van der Waals surface area contributed by atoms with E-state index in [2.05, 4.69) is 143 Å². The Kier molecular flexibility index (Phi) is 8.01. The monoisotopic (exact) mass is 920 g/mol. The number of hydrogen-bond acceptors (Lipinski definition) is 7. The molecule has 16 rings (SSSR count). The van der Waals surface area contributed by atoms with Gasteiger partial charge in [0.05, 0.1) is 39.0 Å². The molecule has 0 saturated heterocycles. The van der Waals surface area contributed by atoms with Gasteiger partial charge in [-0.15, -0.1) is 0 Å². The SMILES string of the molecule is c1ccc(-c2nc(-c3ccccc3)nc(N3c4ccc(-c5ccc(-n6c7ccccc7c7cc8oc9ccccc9c8cc76)cc5)cc4-c4nc5ccc6c7ccccc7oc6c5c5cccc3c45)n2)cc1. The molecule has 0 saturated carbocycles. The van der Waals surface area contributed by atoms with Crippen molar-refractivity contribution in [2.45, 2.75) is 0 Å². The first-order chi connectivity index (χ1) is 35.7. The lowest BCUT2D eigenvalue weighted by Gasteiger charge is -2.32. The Balaban J connectivity index is 0.912. The molecule has 334 valence electrons. The number of aromatic nitrogens is 5. The van der Waals surface area contributed by atoms with Crippen molar-refractivity contribution in [1.82, 2.24) is 24.5 Å². The van der Waals surface area contributed by atoms with Crippen LogP contribution in [0.15, 0.2) is 227 Å². The molecule has 0 aliphatic carbocycles. The van der Waals surface area contributed by atoms with Crippen molar-refractivity contribution >= 4 is 105 Å². The topological polar surface area (TPSA) is 86.0 Å². The van der Waals surface area contributed by atoms with Crippen molar-refractivity contribution in [1.29, 1.82) is 0 Å². The van der Waals surface area contributed by atoms with E-state index in [-0.39, 0.29) is 0 Å². The maximum absolute atomic E-state index is 6.72. The summed E-state index contributed by atoms with van der Waals surface area (Å²) in [6.07, 6.45) is 0. The Morgan fingerprint density at radius 1 is 0.347 bits per heavy atom. The Bertz CT molecular complexity index is 4690. The van der Waals surface area contributed by atoms with E-state index in [9.17, 15) is 0 Å². The van der Waals surface area contributed by atoms with E-state index >= 15 is 0 Å². The second-order valence-electron chi connectivity index (χ2n) is 18.5. The third kappa shape index (κ3) is 5.63. The zero-order valence-corrected chi connectivity index (χ0v) is 38.3. The van der Waals surface area contributed by atoms with Crippen molar-refractivity contribution in [3.05, 3.63) is 218 Å². The molecule has 15 aromatic rings. The highest BCUT2D eigenvalue weighted by atomic mass is 16.3. The van der Waals surface area contributed by atoms with Gasteiger partial charge in [-0.1, -0.05) is 146 Å². The smallest absolute Gasteiger partial charge is 0.238 e. The maximum Gasteiger partial charge on any atom is 0.238 e. The lowest BCUT2D eigenvalue weighted by molar-refractivity contribution is 0.669. The van der Waals surface area contributed by atoms with Crippen LogP contribution < -0.4 is 4.90 Å². The van der Waals surface area contributed by atoms with Crippen LogP contribution in [0.25, 0.3) is 138 Å². The van der Waals surface area contributed by atoms with Gasteiger partial charge in [0.15, 0.2) is 11.6 Å². The molecular weight excluding hydrogens is 885 g/mol. The van der Waals surface area contributed by atoms with Gasteiger partial charge in [0, 0.05) is 60.1 Å². The fourth-order valence-electron chi connectivity index (χ4n) is 11.3. The number of fused-ring (bicyclic) bond motifs is 14. The normalized spacial score (nSPS) is 12.4. The second-order valence-corrected chi connectivity index (χ2v) is 18.5. The van der Waals surface area contributed by atoms with Gasteiger partial charge in [-0.05, 0) is 89.3 Å². The first-order valence-electron chi connectivity index (χ1n) is 24.1. The van der Waals surface area contributed by atoms with Gasteiger partial charge in [0.25, 0.3) is 0 Å². The molecule has 8 heteroatoms. The quantitative estimate of drug-likeness (QED) is 0.159. The predicted molar refractivity (Wildman–Crippen MR) is 292 cm³/mol. The summed E-state index contributed by atoms with van der Waals surface area (Å²) in [5.74, 6) is 1.68. The molecule has 0 radical (unpaired) electrons. The lowest BCUT2D eigenvalue weighted by atomic mass is 9.91. The molecule has 6 heterocycles. The molecule has 1 aliphatic heterocycles. The van der Waals surface area contributed by atoms with Crippen molar-refractivity contribution in [3.8, 4) is 50.8 Å². The van der Waals surface area contributed by atoms with Crippen molar-refractivity contribution in [2.75, 3.05) is 4.90 Å². The Labute approximate surface area is 410 Å². The van der Waals surface area contributed by atoms with Crippen LogP contribution in [0.3, 0.4) is 0 Å². The first-order valence-corrected chi connectivity index (χ1v) is 24.1. The van der Waals surface area contributed by atoms with E-state index in [1.165, 1.54) is 5.39 Å². The summed E-state index contributed by atoms with van der Waals surface area (Å²) < 4.78 is 15.4. The molecule has 5 aromatic heterocycles. The average Bonchev–Trinajstić information content (AvgIpc) is 4.12. The Morgan fingerprint density at radius 3 is 1.76 bits per heavy atom. The molecule has 0 bridgehead atoms. The molecule has 0 N–H and O–H groups in total. The third-order valence-electron chi connectivity index (χ3n) is 14.6. The third-order valence-corrected chi connectivity index (χ3v) is 14.6. The Morgan fingerprint density at radius 2 is 1.00 bits per heavy atom. The van der Waals surface area contributed by atoms with Crippen LogP contribution in [0.1, 0.15) is 0 Å². The number of para-hydroxylation sites is 3.